The standard InChI is InChI=1S/C16H21N3/c1-3-19-16(9-12(2)18-19)11-17-15-8-7-13-5-4-6-14(13)10-15/h7-10,17H,3-6,11H2,1-2H3. The fourth-order valence-electron chi connectivity index (χ4n) is 2.89. The minimum atomic E-state index is 0.841. The van der Waals surface area contributed by atoms with Gasteiger partial charge in [-0.05, 0) is 62.4 Å². The lowest BCUT2D eigenvalue weighted by molar-refractivity contribution is 0.623. The van der Waals surface area contributed by atoms with Crippen molar-refractivity contribution in [1.82, 2.24) is 9.78 Å². The SMILES string of the molecule is CCn1nc(C)cc1CNc1ccc2c(c1)CCC2. The van der Waals surface area contributed by atoms with E-state index in [1.165, 1.54) is 41.8 Å². The normalized spacial score (nSPS) is 13.6. The number of rotatable bonds is 4. The van der Waals surface area contributed by atoms with Gasteiger partial charge in [0.25, 0.3) is 0 Å². The van der Waals surface area contributed by atoms with Gasteiger partial charge in [0.05, 0.1) is 17.9 Å². The number of aromatic nitrogens is 2. The van der Waals surface area contributed by atoms with Gasteiger partial charge in [0, 0.05) is 12.2 Å². The van der Waals surface area contributed by atoms with E-state index in [2.05, 4.69) is 46.3 Å². The molecule has 100 valence electrons. The van der Waals surface area contributed by atoms with E-state index in [9.17, 15) is 0 Å². The molecule has 0 atom stereocenters. The van der Waals surface area contributed by atoms with Crippen LogP contribution in [0, 0.1) is 6.92 Å². The van der Waals surface area contributed by atoms with Gasteiger partial charge in [-0.25, -0.2) is 0 Å². The Morgan fingerprint density at radius 2 is 2.05 bits per heavy atom. The highest BCUT2D eigenvalue weighted by molar-refractivity contribution is 5.50. The van der Waals surface area contributed by atoms with E-state index in [0.29, 0.717) is 0 Å². The van der Waals surface area contributed by atoms with Crippen molar-refractivity contribution in [2.24, 2.45) is 0 Å². The van der Waals surface area contributed by atoms with E-state index in [-0.39, 0.29) is 0 Å². The van der Waals surface area contributed by atoms with Crippen molar-refractivity contribution in [2.75, 3.05) is 5.32 Å². The first-order valence-electron chi connectivity index (χ1n) is 7.15. The van der Waals surface area contributed by atoms with Gasteiger partial charge in [-0.3, -0.25) is 4.68 Å². The highest BCUT2D eigenvalue weighted by Crippen LogP contribution is 2.25. The van der Waals surface area contributed by atoms with E-state index in [1.807, 2.05) is 6.92 Å². The smallest absolute Gasteiger partial charge is 0.0597 e. The third-order valence-corrected chi connectivity index (χ3v) is 3.86. The number of anilines is 1. The summed E-state index contributed by atoms with van der Waals surface area (Å²) in [6, 6.07) is 8.93. The molecule has 19 heavy (non-hydrogen) atoms. The molecular formula is C16H21N3. The number of hydrogen-bond acceptors (Lipinski definition) is 2. The lowest BCUT2D eigenvalue weighted by atomic mass is 10.1. The Balaban J connectivity index is 1.72. The molecule has 1 aliphatic carbocycles. The molecule has 1 heterocycles. The van der Waals surface area contributed by atoms with E-state index in [0.717, 1.165) is 18.8 Å². The molecule has 0 fully saturated rings. The summed E-state index contributed by atoms with van der Waals surface area (Å²) < 4.78 is 2.07. The molecule has 0 saturated carbocycles. The summed E-state index contributed by atoms with van der Waals surface area (Å²) in [6.07, 6.45) is 3.79. The predicted octanol–water partition coefficient (Wildman–Crippen LogP) is 3.31. The van der Waals surface area contributed by atoms with Crippen molar-refractivity contribution in [2.45, 2.75) is 46.2 Å². The van der Waals surface area contributed by atoms with Gasteiger partial charge in [-0.15, -0.1) is 0 Å². The lowest BCUT2D eigenvalue weighted by Crippen LogP contribution is -2.08. The maximum atomic E-state index is 4.48. The molecule has 0 saturated heterocycles. The number of nitrogens with zero attached hydrogens (tertiary/aromatic N) is 2. The summed E-state index contributed by atoms with van der Waals surface area (Å²) in [5.74, 6) is 0. The third-order valence-electron chi connectivity index (χ3n) is 3.86. The number of nitrogens with one attached hydrogen (secondary N) is 1. The number of aryl methyl sites for hydroxylation is 4. The monoisotopic (exact) mass is 255 g/mol. The maximum Gasteiger partial charge on any atom is 0.0597 e. The zero-order valence-electron chi connectivity index (χ0n) is 11.7. The summed E-state index contributed by atoms with van der Waals surface area (Å²) >= 11 is 0. The van der Waals surface area contributed by atoms with Gasteiger partial charge in [0.15, 0.2) is 0 Å². The van der Waals surface area contributed by atoms with Gasteiger partial charge >= 0.3 is 0 Å². The van der Waals surface area contributed by atoms with Crippen molar-refractivity contribution >= 4 is 5.69 Å². The molecule has 1 N–H and O–H groups in total. The van der Waals surface area contributed by atoms with Crippen LogP contribution < -0.4 is 5.32 Å². The van der Waals surface area contributed by atoms with Crippen LogP contribution in [0.2, 0.25) is 0 Å². The summed E-state index contributed by atoms with van der Waals surface area (Å²) in [4.78, 5) is 0. The largest absolute Gasteiger partial charge is 0.379 e. The van der Waals surface area contributed by atoms with Crippen molar-refractivity contribution in [3.8, 4) is 0 Å². The van der Waals surface area contributed by atoms with Gasteiger partial charge in [0.2, 0.25) is 0 Å². The molecule has 1 aromatic carbocycles. The van der Waals surface area contributed by atoms with Crippen molar-refractivity contribution < 1.29 is 0 Å². The Kier molecular flexibility index (Phi) is 3.28. The molecule has 1 aromatic heterocycles. The molecule has 3 nitrogen and oxygen atoms in total. The first kappa shape index (κ1) is 12.3. The van der Waals surface area contributed by atoms with E-state index in [1.54, 1.807) is 0 Å². The molecule has 0 amide bonds. The number of hydrogen-bond donors (Lipinski definition) is 1. The van der Waals surface area contributed by atoms with Crippen LogP contribution in [0.25, 0.3) is 0 Å². The first-order valence-corrected chi connectivity index (χ1v) is 7.15. The summed E-state index contributed by atoms with van der Waals surface area (Å²) in [7, 11) is 0. The Morgan fingerprint density at radius 3 is 2.89 bits per heavy atom. The van der Waals surface area contributed by atoms with Crippen LogP contribution in [-0.4, -0.2) is 9.78 Å². The van der Waals surface area contributed by atoms with Crippen LogP contribution in [0.15, 0.2) is 24.3 Å². The van der Waals surface area contributed by atoms with Crippen molar-refractivity contribution in [1.29, 1.82) is 0 Å². The second kappa shape index (κ2) is 5.08. The van der Waals surface area contributed by atoms with E-state index in [4.69, 9.17) is 0 Å². The Hall–Kier alpha value is -1.77. The van der Waals surface area contributed by atoms with Crippen molar-refractivity contribution in [3.05, 3.63) is 46.8 Å². The van der Waals surface area contributed by atoms with Crippen molar-refractivity contribution in [3.63, 3.8) is 0 Å². The molecule has 3 rings (SSSR count). The van der Waals surface area contributed by atoms with E-state index < -0.39 is 0 Å². The molecule has 3 heteroatoms. The third kappa shape index (κ3) is 2.50. The average Bonchev–Trinajstić information content (AvgIpc) is 3.01. The van der Waals surface area contributed by atoms with E-state index >= 15 is 0 Å². The Labute approximate surface area is 114 Å². The van der Waals surface area contributed by atoms with Crippen LogP contribution >= 0.6 is 0 Å². The molecule has 0 radical (unpaired) electrons. The molecule has 2 aromatic rings. The predicted molar refractivity (Wildman–Crippen MR) is 78.4 cm³/mol. The lowest BCUT2D eigenvalue weighted by Gasteiger charge is -2.09. The molecule has 0 unspecified atom stereocenters. The second-order valence-corrected chi connectivity index (χ2v) is 5.28. The van der Waals surface area contributed by atoms with Crippen LogP contribution in [-0.2, 0) is 25.9 Å². The highest BCUT2D eigenvalue weighted by atomic mass is 15.3. The zero-order valence-corrected chi connectivity index (χ0v) is 11.7. The van der Waals surface area contributed by atoms with Gasteiger partial charge in [-0.1, -0.05) is 6.07 Å². The second-order valence-electron chi connectivity index (χ2n) is 5.28. The Morgan fingerprint density at radius 1 is 1.21 bits per heavy atom. The minimum absolute atomic E-state index is 0.841. The van der Waals surface area contributed by atoms with Crippen LogP contribution in [0.4, 0.5) is 5.69 Å². The average molecular weight is 255 g/mol. The zero-order chi connectivity index (χ0) is 13.2. The number of benzene rings is 1. The topological polar surface area (TPSA) is 29.9 Å². The fraction of sp³-hybridized carbons (Fsp3) is 0.438. The molecular weight excluding hydrogens is 234 g/mol. The van der Waals surface area contributed by atoms with Gasteiger partial charge in [0.1, 0.15) is 0 Å². The minimum Gasteiger partial charge on any atom is -0.379 e. The molecule has 1 aliphatic rings. The maximum absolute atomic E-state index is 4.48. The summed E-state index contributed by atoms with van der Waals surface area (Å²) in [5.41, 5.74) is 6.61. The molecule has 0 bridgehead atoms. The first-order chi connectivity index (χ1) is 9.26. The number of fused-ring (bicyclic) bond motifs is 1. The molecule has 0 spiro atoms. The summed E-state index contributed by atoms with van der Waals surface area (Å²) in [5, 5.41) is 7.99. The quantitative estimate of drug-likeness (QED) is 0.908. The van der Waals surface area contributed by atoms with Crippen LogP contribution in [0.1, 0.15) is 35.9 Å². The van der Waals surface area contributed by atoms with Crippen LogP contribution in [0.3, 0.4) is 0 Å². The molecule has 0 aliphatic heterocycles. The Bertz CT molecular complexity index is 584. The fourth-order valence-corrected chi connectivity index (χ4v) is 2.89. The van der Waals surface area contributed by atoms with Gasteiger partial charge < -0.3 is 5.32 Å². The summed E-state index contributed by atoms with van der Waals surface area (Å²) in [6.45, 7) is 5.94. The van der Waals surface area contributed by atoms with Gasteiger partial charge in [-0.2, -0.15) is 5.10 Å². The van der Waals surface area contributed by atoms with Crippen LogP contribution in [0.5, 0.6) is 0 Å². The highest BCUT2D eigenvalue weighted by Gasteiger charge is 2.11.